The fourth-order valence-electron chi connectivity index (χ4n) is 2.31. The van der Waals surface area contributed by atoms with Gasteiger partial charge >= 0.3 is 0 Å². The highest BCUT2D eigenvalue weighted by molar-refractivity contribution is 7.80. The van der Waals surface area contributed by atoms with E-state index in [-0.39, 0.29) is 17.1 Å². The summed E-state index contributed by atoms with van der Waals surface area (Å²) in [5.41, 5.74) is 1.19. The normalized spacial score (nSPS) is 11.6. The molecule has 2 rings (SSSR count). The number of rotatable bonds is 8. The first-order valence-electron chi connectivity index (χ1n) is 9.50. The summed E-state index contributed by atoms with van der Waals surface area (Å²) in [5, 5.41) is 5.94. The second-order valence-corrected chi connectivity index (χ2v) is 7.38. The van der Waals surface area contributed by atoms with E-state index in [1.54, 1.807) is 18.2 Å². The quantitative estimate of drug-likeness (QED) is 0.609. The van der Waals surface area contributed by atoms with E-state index in [2.05, 4.69) is 24.5 Å². The van der Waals surface area contributed by atoms with Gasteiger partial charge in [0.2, 0.25) is 0 Å². The molecule has 0 aliphatic carbocycles. The van der Waals surface area contributed by atoms with Gasteiger partial charge in [-0.3, -0.25) is 10.1 Å². The topological polar surface area (TPSA) is 59.6 Å². The summed E-state index contributed by atoms with van der Waals surface area (Å²) in [5.74, 6) is 1.46. The summed E-state index contributed by atoms with van der Waals surface area (Å²) >= 11 is 5.30. The number of ether oxygens (including phenoxy) is 2. The zero-order chi connectivity index (χ0) is 20.5. The number of benzene rings is 2. The molecule has 0 heterocycles. The van der Waals surface area contributed by atoms with Crippen LogP contribution in [0.4, 0.5) is 5.69 Å². The van der Waals surface area contributed by atoms with Crippen LogP contribution in [-0.4, -0.2) is 23.7 Å². The minimum Gasteiger partial charge on any atom is -0.491 e. The van der Waals surface area contributed by atoms with Crippen LogP contribution in [0.2, 0.25) is 0 Å². The number of anilines is 1. The Morgan fingerprint density at radius 2 is 1.86 bits per heavy atom. The van der Waals surface area contributed by atoms with Crippen LogP contribution in [0.15, 0.2) is 48.5 Å². The maximum atomic E-state index is 12.5. The van der Waals surface area contributed by atoms with E-state index in [9.17, 15) is 4.79 Å². The lowest BCUT2D eigenvalue weighted by atomic mass is 10.2. The van der Waals surface area contributed by atoms with Gasteiger partial charge < -0.3 is 14.8 Å². The molecule has 0 fully saturated rings. The summed E-state index contributed by atoms with van der Waals surface area (Å²) in [6.45, 7) is 8.80. The van der Waals surface area contributed by atoms with Gasteiger partial charge in [0.15, 0.2) is 5.11 Å². The highest BCUT2D eigenvalue weighted by atomic mass is 32.1. The van der Waals surface area contributed by atoms with Crippen molar-refractivity contribution in [3.8, 4) is 11.5 Å². The predicted molar refractivity (Wildman–Crippen MR) is 117 cm³/mol. The molecule has 0 aromatic heterocycles. The number of hydrogen-bond acceptors (Lipinski definition) is 4. The molecule has 1 atom stereocenters. The number of carbonyl (C=O) groups excluding carboxylic acids is 1. The van der Waals surface area contributed by atoms with Gasteiger partial charge in [-0.25, -0.2) is 0 Å². The molecule has 1 amide bonds. The molecule has 2 N–H and O–H groups in total. The van der Waals surface area contributed by atoms with Gasteiger partial charge in [-0.2, -0.15) is 0 Å². The number of nitrogens with one attached hydrogen (secondary N) is 2. The average Bonchev–Trinajstić information content (AvgIpc) is 2.67. The predicted octanol–water partition coefficient (Wildman–Crippen LogP) is 5.03. The number of para-hydroxylation sites is 2. The molecular formula is C22H28N2O3S. The van der Waals surface area contributed by atoms with Gasteiger partial charge in [-0.15, -0.1) is 0 Å². The van der Waals surface area contributed by atoms with Crippen LogP contribution in [-0.2, 0) is 0 Å². The van der Waals surface area contributed by atoms with Gasteiger partial charge in [0, 0.05) is 5.56 Å². The first-order valence-corrected chi connectivity index (χ1v) is 9.90. The lowest BCUT2D eigenvalue weighted by molar-refractivity contribution is 0.0977. The fourth-order valence-corrected chi connectivity index (χ4v) is 2.51. The van der Waals surface area contributed by atoms with Gasteiger partial charge in [0.05, 0.1) is 18.4 Å². The molecule has 0 aliphatic rings. The Bertz CT molecular complexity index is 808. The van der Waals surface area contributed by atoms with Crippen molar-refractivity contribution in [1.82, 2.24) is 5.32 Å². The van der Waals surface area contributed by atoms with E-state index in [4.69, 9.17) is 21.7 Å². The van der Waals surface area contributed by atoms with Crippen molar-refractivity contribution in [2.45, 2.75) is 40.2 Å². The van der Waals surface area contributed by atoms with E-state index in [1.807, 2.05) is 44.2 Å². The van der Waals surface area contributed by atoms with E-state index in [1.165, 1.54) is 0 Å². The van der Waals surface area contributed by atoms with Crippen molar-refractivity contribution in [3.63, 3.8) is 0 Å². The smallest absolute Gasteiger partial charge is 0.257 e. The van der Waals surface area contributed by atoms with Crippen LogP contribution in [0.5, 0.6) is 11.5 Å². The van der Waals surface area contributed by atoms with Gasteiger partial charge in [-0.05, 0) is 61.8 Å². The second kappa shape index (κ2) is 10.7. The molecule has 28 heavy (non-hydrogen) atoms. The SMILES string of the molecule is CCC(C)Oc1cccc(C(=O)NC(=S)Nc2ccccc2OCC(C)C)c1. The highest BCUT2D eigenvalue weighted by Gasteiger charge is 2.12. The lowest BCUT2D eigenvalue weighted by Crippen LogP contribution is -2.34. The molecule has 0 bridgehead atoms. The second-order valence-electron chi connectivity index (χ2n) is 6.97. The maximum absolute atomic E-state index is 12.5. The molecule has 2 aromatic carbocycles. The highest BCUT2D eigenvalue weighted by Crippen LogP contribution is 2.24. The van der Waals surface area contributed by atoms with E-state index >= 15 is 0 Å². The molecule has 6 heteroatoms. The van der Waals surface area contributed by atoms with E-state index in [0.717, 1.165) is 6.42 Å². The van der Waals surface area contributed by atoms with Gasteiger partial charge in [0.1, 0.15) is 11.5 Å². The first kappa shape index (κ1) is 21.7. The zero-order valence-electron chi connectivity index (χ0n) is 16.8. The van der Waals surface area contributed by atoms with Crippen LogP contribution in [0.3, 0.4) is 0 Å². The van der Waals surface area contributed by atoms with E-state index < -0.39 is 0 Å². The Hall–Kier alpha value is -2.60. The molecule has 0 saturated heterocycles. The average molecular weight is 401 g/mol. The molecule has 150 valence electrons. The molecular weight excluding hydrogens is 372 g/mol. The van der Waals surface area contributed by atoms with Crippen molar-refractivity contribution in [3.05, 3.63) is 54.1 Å². The van der Waals surface area contributed by atoms with Crippen molar-refractivity contribution in [2.24, 2.45) is 5.92 Å². The van der Waals surface area contributed by atoms with Crippen LogP contribution in [0.1, 0.15) is 44.5 Å². The lowest BCUT2D eigenvalue weighted by Gasteiger charge is -2.16. The summed E-state index contributed by atoms with van der Waals surface area (Å²) < 4.78 is 11.6. The monoisotopic (exact) mass is 400 g/mol. The summed E-state index contributed by atoms with van der Waals surface area (Å²) in [4.78, 5) is 12.5. The number of carbonyl (C=O) groups is 1. The van der Waals surface area contributed by atoms with Crippen LogP contribution >= 0.6 is 12.2 Å². The van der Waals surface area contributed by atoms with Crippen molar-refractivity contribution < 1.29 is 14.3 Å². The Morgan fingerprint density at radius 3 is 2.57 bits per heavy atom. The first-order chi connectivity index (χ1) is 13.4. The Kier molecular flexibility index (Phi) is 8.26. The standard InChI is InChI=1S/C22H28N2O3S/c1-5-16(4)27-18-10-8-9-17(13-18)21(25)24-22(28)23-19-11-6-7-12-20(19)26-14-15(2)3/h6-13,15-16H,5,14H2,1-4H3,(H2,23,24,25,28). The van der Waals surface area contributed by atoms with Crippen molar-refractivity contribution in [2.75, 3.05) is 11.9 Å². The minimum absolute atomic E-state index is 0.0865. The number of hydrogen-bond donors (Lipinski definition) is 2. The zero-order valence-corrected chi connectivity index (χ0v) is 17.6. The van der Waals surface area contributed by atoms with Crippen LogP contribution in [0, 0.1) is 5.92 Å². The molecule has 0 saturated carbocycles. The number of amides is 1. The van der Waals surface area contributed by atoms with Gasteiger partial charge in [-0.1, -0.05) is 39.0 Å². The molecule has 0 aliphatic heterocycles. The minimum atomic E-state index is -0.298. The molecule has 1 unspecified atom stereocenters. The molecule has 2 aromatic rings. The molecule has 5 nitrogen and oxygen atoms in total. The Morgan fingerprint density at radius 1 is 1.11 bits per heavy atom. The van der Waals surface area contributed by atoms with E-state index in [0.29, 0.717) is 35.3 Å². The Balaban J connectivity index is 2.00. The molecule has 0 spiro atoms. The summed E-state index contributed by atoms with van der Waals surface area (Å²) in [6, 6.07) is 14.6. The third-order valence-corrected chi connectivity index (χ3v) is 4.15. The van der Waals surface area contributed by atoms with Crippen LogP contribution < -0.4 is 20.1 Å². The summed E-state index contributed by atoms with van der Waals surface area (Å²) in [6.07, 6.45) is 0.978. The number of thiocarbonyl (C=S) groups is 1. The molecule has 0 radical (unpaired) electrons. The maximum Gasteiger partial charge on any atom is 0.257 e. The third kappa shape index (κ3) is 6.85. The summed E-state index contributed by atoms with van der Waals surface area (Å²) in [7, 11) is 0. The van der Waals surface area contributed by atoms with Crippen LogP contribution in [0.25, 0.3) is 0 Å². The fraction of sp³-hybridized carbons (Fsp3) is 0.364. The Labute approximate surface area is 172 Å². The van der Waals surface area contributed by atoms with Crippen molar-refractivity contribution >= 4 is 28.9 Å². The third-order valence-electron chi connectivity index (χ3n) is 3.94. The van der Waals surface area contributed by atoms with Crippen molar-refractivity contribution in [1.29, 1.82) is 0 Å². The largest absolute Gasteiger partial charge is 0.491 e. The van der Waals surface area contributed by atoms with Gasteiger partial charge in [0.25, 0.3) is 5.91 Å².